The number of halogens is 1. The van der Waals surface area contributed by atoms with Gasteiger partial charge in [0.05, 0.1) is 22.0 Å². The van der Waals surface area contributed by atoms with Gasteiger partial charge in [-0.25, -0.2) is 17.7 Å². The van der Waals surface area contributed by atoms with Gasteiger partial charge in [-0.2, -0.15) is 0 Å². The first kappa shape index (κ1) is 16.2. The Balaban J connectivity index is 2.14. The van der Waals surface area contributed by atoms with Crippen LogP contribution in [0.5, 0.6) is 5.75 Å². The molecule has 1 heterocycles. The highest BCUT2D eigenvalue weighted by molar-refractivity contribution is 7.89. The Morgan fingerprint density at radius 1 is 1.43 bits per heavy atom. The van der Waals surface area contributed by atoms with Crippen molar-refractivity contribution in [3.63, 3.8) is 0 Å². The first-order valence-corrected chi connectivity index (χ1v) is 8.83. The zero-order chi connectivity index (χ0) is 15.5. The highest BCUT2D eigenvalue weighted by Crippen LogP contribution is 2.28. The number of ether oxygens (including phenoxy) is 1. The molecule has 0 saturated carbocycles. The summed E-state index contributed by atoms with van der Waals surface area (Å²) in [6.07, 6.45) is 2.29. The van der Waals surface area contributed by atoms with Gasteiger partial charge in [-0.3, -0.25) is 0 Å². The Bertz CT molecular complexity index is 702. The maximum Gasteiger partial charge on any atom is 0.242 e. The standard InChI is InChI=1S/C13H15ClN2O3S2/c1-16(7-5-13-15-6-8-20-13)21(17,18)10-3-4-12(19-2)11(14)9-10/h3-4,6,8-9H,5,7H2,1-2H3. The van der Waals surface area contributed by atoms with Gasteiger partial charge in [0.2, 0.25) is 10.0 Å². The van der Waals surface area contributed by atoms with Crippen LogP contribution in [-0.2, 0) is 16.4 Å². The summed E-state index contributed by atoms with van der Waals surface area (Å²) in [4.78, 5) is 4.29. The van der Waals surface area contributed by atoms with Crippen LogP contribution in [0.2, 0.25) is 5.02 Å². The van der Waals surface area contributed by atoms with Gasteiger partial charge in [0, 0.05) is 31.6 Å². The van der Waals surface area contributed by atoms with E-state index in [2.05, 4.69) is 4.98 Å². The molecule has 2 rings (SSSR count). The topological polar surface area (TPSA) is 59.5 Å². The summed E-state index contributed by atoms with van der Waals surface area (Å²) in [5.41, 5.74) is 0. The third kappa shape index (κ3) is 3.74. The molecule has 8 heteroatoms. The van der Waals surface area contributed by atoms with Crippen molar-refractivity contribution in [1.29, 1.82) is 0 Å². The van der Waals surface area contributed by atoms with E-state index < -0.39 is 10.0 Å². The number of hydrogen-bond donors (Lipinski definition) is 0. The van der Waals surface area contributed by atoms with Gasteiger partial charge < -0.3 is 4.74 Å². The molecule has 0 amide bonds. The SMILES string of the molecule is COc1ccc(S(=O)(=O)N(C)CCc2nccs2)cc1Cl. The molecule has 0 aliphatic rings. The lowest BCUT2D eigenvalue weighted by Crippen LogP contribution is -2.29. The lowest BCUT2D eigenvalue weighted by Gasteiger charge is -2.17. The Labute approximate surface area is 133 Å². The summed E-state index contributed by atoms with van der Waals surface area (Å²) in [5.74, 6) is 0.445. The van der Waals surface area contributed by atoms with Crippen LogP contribution >= 0.6 is 22.9 Å². The summed E-state index contributed by atoms with van der Waals surface area (Å²) < 4.78 is 31.2. The molecule has 2 aromatic rings. The fourth-order valence-corrected chi connectivity index (χ4v) is 3.87. The number of rotatable bonds is 6. The molecule has 1 aromatic heterocycles. The number of methoxy groups -OCH3 is 1. The van der Waals surface area contributed by atoms with E-state index in [1.807, 2.05) is 5.38 Å². The third-order valence-electron chi connectivity index (χ3n) is 2.96. The number of hydrogen-bond acceptors (Lipinski definition) is 5. The number of thiazole rings is 1. The van der Waals surface area contributed by atoms with Crippen molar-refractivity contribution < 1.29 is 13.2 Å². The molecule has 0 atom stereocenters. The number of nitrogens with zero attached hydrogens (tertiary/aromatic N) is 2. The van der Waals surface area contributed by atoms with E-state index in [0.717, 1.165) is 5.01 Å². The van der Waals surface area contributed by atoms with Gasteiger partial charge >= 0.3 is 0 Å². The maximum absolute atomic E-state index is 12.5. The molecule has 1 aromatic carbocycles. The van der Waals surface area contributed by atoms with Crippen LogP contribution in [0.15, 0.2) is 34.7 Å². The first-order chi connectivity index (χ1) is 9.95. The van der Waals surface area contributed by atoms with Gasteiger partial charge in [-0.1, -0.05) is 11.6 Å². The molecule has 0 radical (unpaired) electrons. The summed E-state index contributed by atoms with van der Waals surface area (Å²) in [7, 11) is -0.545. The van der Waals surface area contributed by atoms with Crippen molar-refractivity contribution >= 4 is 33.0 Å². The number of aromatic nitrogens is 1. The fourth-order valence-electron chi connectivity index (χ4n) is 1.74. The van der Waals surface area contributed by atoms with Crippen molar-refractivity contribution in [2.45, 2.75) is 11.3 Å². The van der Waals surface area contributed by atoms with Gasteiger partial charge in [0.25, 0.3) is 0 Å². The van der Waals surface area contributed by atoms with Crippen LogP contribution in [0.4, 0.5) is 0 Å². The largest absolute Gasteiger partial charge is 0.495 e. The first-order valence-electron chi connectivity index (χ1n) is 6.13. The van der Waals surface area contributed by atoms with Crippen LogP contribution in [0.3, 0.4) is 0 Å². The molecule has 0 spiro atoms. The van der Waals surface area contributed by atoms with E-state index in [-0.39, 0.29) is 9.92 Å². The van der Waals surface area contributed by atoms with Crippen molar-refractivity contribution in [3.05, 3.63) is 39.8 Å². The Hall–Kier alpha value is -1.15. The normalized spacial score (nSPS) is 11.8. The van der Waals surface area contributed by atoms with Gasteiger partial charge in [-0.15, -0.1) is 11.3 Å². The maximum atomic E-state index is 12.5. The van der Waals surface area contributed by atoms with Crippen LogP contribution in [-0.4, -0.2) is 38.4 Å². The average Bonchev–Trinajstić information content (AvgIpc) is 2.97. The predicted molar refractivity (Wildman–Crippen MR) is 83.6 cm³/mol. The second-order valence-electron chi connectivity index (χ2n) is 4.30. The third-order valence-corrected chi connectivity index (χ3v) is 5.94. The summed E-state index contributed by atoms with van der Waals surface area (Å²) in [6.45, 7) is 0.361. The van der Waals surface area contributed by atoms with Crippen molar-refractivity contribution in [1.82, 2.24) is 9.29 Å². The van der Waals surface area contributed by atoms with E-state index >= 15 is 0 Å². The lowest BCUT2D eigenvalue weighted by atomic mass is 10.3. The van der Waals surface area contributed by atoms with Gasteiger partial charge in [0.15, 0.2) is 0 Å². The Morgan fingerprint density at radius 3 is 2.76 bits per heavy atom. The summed E-state index contributed by atoms with van der Waals surface area (Å²) in [5, 5.41) is 3.05. The predicted octanol–water partition coefficient (Wildman–Crippen LogP) is 2.67. The molecule has 0 unspecified atom stereocenters. The Morgan fingerprint density at radius 2 is 2.19 bits per heavy atom. The van der Waals surface area contributed by atoms with E-state index in [9.17, 15) is 8.42 Å². The van der Waals surface area contributed by atoms with Gasteiger partial charge in [0.1, 0.15) is 5.75 Å². The summed E-state index contributed by atoms with van der Waals surface area (Å²) in [6, 6.07) is 4.43. The molecule has 0 aliphatic heterocycles. The molecule has 114 valence electrons. The van der Waals surface area contributed by atoms with E-state index in [0.29, 0.717) is 18.7 Å². The monoisotopic (exact) mass is 346 g/mol. The van der Waals surface area contributed by atoms with Crippen molar-refractivity contribution in [2.75, 3.05) is 20.7 Å². The van der Waals surface area contributed by atoms with E-state index in [1.165, 1.54) is 34.9 Å². The van der Waals surface area contributed by atoms with Crippen LogP contribution in [0.25, 0.3) is 0 Å². The highest BCUT2D eigenvalue weighted by Gasteiger charge is 2.21. The minimum Gasteiger partial charge on any atom is -0.495 e. The van der Waals surface area contributed by atoms with Crippen LogP contribution < -0.4 is 4.74 Å². The molecule has 21 heavy (non-hydrogen) atoms. The van der Waals surface area contributed by atoms with Gasteiger partial charge in [-0.05, 0) is 18.2 Å². The minimum atomic E-state index is -3.57. The molecule has 0 aliphatic carbocycles. The van der Waals surface area contributed by atoms with Crippen molar-refractivity contribution in [2.24, 2.45) is 0 Å². The highest BCUT2D eigenvalue weighted by atomic mass is 35.5. The van der Waals surface area contributed by atoms with Crippen molar-refractivity contribution in [3.8, 4) is 5.75 Å². The second kappa shape index (κ2) is 6.74. The lowest BCUT2D eigenvalue weighted by molar-refractivity contribution is 0.414. The number of sulfonamides is 1. The molecule has 0 fully saturated rings. The quantitative estimate of drug-likeness (QED) is 0.806. The molecule has 5 nitrogen and oxygen atoms in total. The zero-order valence-corrected chi connectivity index (χ0v) is 14.0. The smallest absolute Gasteiger partial charge is 0.242 e. The minimum absolute atomic E-state index is 0.148. The van der Waals surface area contributed by atoms with Crippen LogP contribution in [0.1, 0.15) is 5.01 Å². The average molecular weight is 347 g/mol. The Kier molecular flexibility index (Phi) is 5.21. The van der Waals surface area contributed by atoms with Crippen LogP contribution in [0, 0.1) is 0 Å². The second-order valence-corrected chi connectivity index (χ2v) is 7.73. The molecular formula is C13H15ClN2O3S2. The zero-order valence-electron chi connectivity index (χ0n) is 11.6. The summed E-state index contributed by atoms with van der Waals surface area (Å²) >= 11 is 7.49. The number of likely N-dealkylation sites (N-methyl/N-ethyl adjacent to an activating group) is 1. The molecule has 0 saturated heterocycles. The van der Waals surface area contributed by atoms with E-state index in [4.69, 9.17) is 16.3 Å². The molecule has 0 N–H and O–H groups in total. The molecular weight excluding hydrogens is 332 g/mol. The number of benzene rings is 1. The molecule has 0 bridgehead atoms. The van der Waals surface area contributed by atoms with E-state index in [1.54, 1.807) is 19.3 Å². The fraction of sp³-hybridized carbons (Fsp3) is 0.308.